The van der Waals surface area contributed by atoms with E-state index in [9.17, 15) is 9.59 Å². The summed E-state index contributed by atoms with van der Waals surface area (Å²) in [6, 6.07) is 3.36. The lowest BCUT2D eigenvalue weighted by Gasteiger charge is -2.24. The number of nitrogens with one attached hydrogen (secondary N) is 1. The summed E-state index contributed by atoms with van der Waals surface area (Å²) in [5, 5.41) is 14.5. The molecule has 2 aromatic rings. The highest BCUT2D eigenvalue weighted by molar-refractivity contribution is 5.88. The Kier molecular flexibility index (Phi) is 9.10. The molecule has 1 amide bonds. The number of nitrogens with zero attached hydrogens (tertiary/aromatic N) is 5. The Morgan fingerprint density at radius 3 is 2.47 bits per heavy atom. The lowest BCUT2D eigenvalue weighted by Crippen LogP contribution is -2.35. The Morgan fingerprint density at radius 2 is 1.91 bits per heavy atom. The molecule has 1 N–H and O–H groups in total. The third-order valence-electron chi connectivity index (χ3n) is 4.77. The Hall–Kier alpha value is -3.04. The van der Waals surface area contributed by atoms with Crippen molar-refractivity contribution in [2.75, 3.05) is 13.7 Å². The molecule has 3 rings (SSSR count). The van der Waals surface area contributed by atoms with Crippen molar-refractivity contribution in [3.05, 3.63) is 23.5 Å². The molecule has 10 heteroatoms. The van der Waals surface area contributed by atoms with Gasteiger partial charge in [-0.1, -0.05) is 19.3 Å². The first-order chi connectivity index (χ1) is 15.1. The van der Waals surface area contributed by atoms with E-state index in [4.69, 9.17) is 4.74 Å². The van der Waals surface area contributed by atoms with Crippen molar-refractivity contribution in [3.8, 4) is 11.4 Å². The first kappa shape index (κ1) is 25.2. The van der Waals surface area contributed by atoms with Crippen LogP contribution in [0.15, 0.2) is 12.1 Å². The second-order valence-corrected chi connectivity index (χ2v) is 8.86. The molecule has 10 nitrogen and oxygen atoms in total. The smallest absolute Gasteiger partial charge is 0.407 e. The predicted molar refractivity (Wildman–Crippen MR) is 121 cm³/mol. The quantitative estimate of drug-likeness (QED) is 0.703. The lowest BCUT2D eigenvalue weighted by molar-refractivity contribution is 0.0514. The molecule has 2 heterocycles. The van der Waals surface area contributed by atoms with Gasteiger partial charge in [0.25, 0.3) is 0 Å². The van der Waals surface area contributed by atoms with Crippen LogP contribution < -0.4 is 5.32 Å². The van der Waals surface area contributed by atoms with E-state index in [0.717, 1.165) is 6.54 Å². The second kappa shape index (κ2) is 11.5. The van der Waals surface area contributed by atoms with Crippen molar-refractivity contribution in [1.29, 1.82) is 0 Å². The first-order valence-corrected chi connectivity index (χ1v) is 10.9. The zero-order chi connectivity index (χ0) is 23.7. The number of hydrogen-bond donors (Lipinski definition) is 1. The zero-order valence-electron chi connectivity index (χ0n) is 19.8. The van der Waals surface area contributed by atoms with Crippen LogP contribution in [0.5, 0.6) is 0 Å². The fourth-order valence-corrected chi connectivity index (χ4v) is 3.34. The van der Waals surface area contributed by atoms with Crippen LogP contribution in [0.2, 0.25) is 0 Å². The van der Waals surface area contributed by atoms with E-state index in [-0.39, 0.29) is 13.2 Å². The Labute approximate surface area is 190 Å². The van der Waals surface area contributed by atoms with E-state index < -0.39 is 11.6 Å². The summed E-state index contributed by atoms with van der Waals surface area (Å²) in [6.45, 7) is 8.20. The van der Waals surface area contributed by atoms with Crippen molar-refractivity contribution < 1.29 is 20.5 Å². The number of alkyl carbamates (subject to hydrolysis) is 1. The van der Waals surface area contributed by atoms with Crippen molar-refractivity contribution in [1.82, 2.24) is 30.5 Å². The number of ether oxygens (including phenoxy) is 2. The van der Waals surface area contributed by atoms with Gasteiger partial charge in [0.2, 0.25) is 5.82 Å². The van der Waals surface area contributed by atoms with Gasteiger partial charge >= 0.3 is 12.1 Å². The Morgan fingerprint density at radius 1 is 1.22 bits per heavy atom. The molecule has 0 bridgehead atoms. The van der Waals surface area contributed by atoms with Gasteiger partial charge in [0.1, 0.15) is 11.3 Å². The van der Waals surface area contributed by atoms with Crippen LogP contribution in [0.3, 0.4) is 0 Å². The number of hydrogen-bond acceptors (Lipinski definition) is 8. The number of pyridine rings is 1. The van der Waals surface area contributed by atoms with E-state index in [0.29, 0.717) is 23.0 Å². The van der Waals surface area contributed by atoms with E-state index in [2.05, 4.69) is 30.4 Å². The third-order valence-corrected chi connectivity index (χ3v) is 4.77. The van der Waals surface area contributed by atoms with E-state index in [1.54, 1.807) is 26.1 Å². The highest BCUT2D eigenvalue weighted by atomic mass is 16.6. The van der Waals surface area contributed by atoms with Gasteiger partial charge in [-0.05, 0) is 63.8 Å². The monoisotopic (exact) mass is 448 g/mol. The molecule has 32 heavy (non-hydrogen) atoms. The maximum Gasteiger partial charge on any atom is 0.407 e. The topological polar surface area (TPSA) is 121 Å². The molecular weight excluding hydrogens is 412 g/mol. The Bertz CT molecular complexity index is 907. The number of amides is 1. The summed E-state index contributed by atoms with van der Waals surface area (Å²) < 4.78 is 9.80. The molecule has 0 aliphatic heterocycles. The largest absolute Gasteiger partial charge is 0.464 e. The van der Waals surface area contributed by atoms with Crippen molar-refractivity contribution in [2.45, 2.75) is 65.4 Å². The minimum Gasteiger partial charge on any atom is -0.464 e. The molecule has 1 saturated carbocycles. The van der Waals surface area contributed by atoms with Gasteiger partial charge < -0.3 is 14.8 Å². The summed E-state index contributed by atoms with van der Waals surface area (Å²) in [6.07, 6.45) is 6.17. The molecule has 0 radical (unpaired) electrons. The number of aromatic nitrogens is 5. The number of carbonyl (C=O) groups is 2. The van der Waals surface area contributed by atoms with Crippen LogP contribution in [-0.4, -0.2) is 56.5 Å². The number of rotatable bonds is 4. The molecule has 0 spiro atoms. The average Bonchev–Trinajstić information content (AvgIpc) is 3.17. The van der Waals surface area contributed by atoms with Crippen LogP contribution >= 0.6 is 0 Å². The van der Waals surface area contributed by atoms with Gasteiger partial charge in [-0.3, -0.25) is 0 Å². The normalized spacial score (nSPS) is 14.2. The molecule has 0 atom stereocenters. The second-order valence-electron chi connectivity index (χ2n) is 8.86. The number of aryl methyl sites for hydroxylation is 2. The van der Waals surface area contributed by atoms with Crippen LogP contribution in [0.25, 0.3) is 11.4 Å². The highest BCUT2D eigenvalue weighted by Crippen LogP contribution is 2.22. The molecule has 0 unspecified atom stereocenters. The molecule has 2 aromatic heterocycles. The highest BCUT2D eigenvalue weighted by Gasteiger charge is 2.18. The van der Waals surface area contributed by atoms with E-state index in [1.807, 2.05) is 20.8 Å². The summed E-state index contributed by atoms with van der Waals surface area (Å²) >= 11 is 0. The van der Waals surface area contributed by atoms with Crippen molar-refractivity contribution in [3.63, 3.8) is 0 Å². The molecule has 0 aromatic carbocycles. The summed E-state index contributed by atoms with van der Waals surface area (Å²) in [5.74, 6) is 0.619. The summed E-state index contributed by atoms with van der Waals surface area (Å²) in [4.78, 5) is 28.2. The molecule has 178 valence electrons. The van der Waals surface area contributed by atoms with E-state index >= 15 is 0 Å². The number of esters is 1. The molecule has 1 fully saturated rings. The summed E-state index contributed by atoms with van der Waals surface area (Å²) in [5.41, 5.74) is 1.22. The standard InChI is InChI=1S/C12H23NO2.C10H11N5O2.H2/c1-12(2,3)15-11(14)13-9-10-7-5-4-6-8-10;1-6-4-7(9-12-14-15(2)13-9)5-8(11-6)10(16)17-3;/h10H,4-9H2,1-3H3,(H,13,14);4-5H,1-3H3;1H. The van der Waals surface area contributed by atoms with Crippen molar-refractivity contribution in [2.24, 2.45) is 13.0 Å². The Balaban J connectivity index is 0.000000323. The fourth-order valence-electron chi connectivity index (χ4n) is 3.34. The average molecular weight is 449 g/mol. The van der Waals surface area contributed by atoms with Crippen LogP contribution in [0.4, 0.5) is 4.79 Å². The zero-order valence-corrected chi connectivity index (χ0v) is 19.8. The lowest BCUT2D eigenvalue weighted by atomic mass is 9.89. The fraction of sp³-hybridized carbons (Fsp3) is 0.636. The number of methoxy groups -OCH3 is 1. The molecule has 1 aliphatic carbocycles. The van der Waals surface area contributed by atoms with Crippen molar-refractivity contribution >= 4 is 12.1 Å². The molecular formula is C22H36N6O4. The molecule has 0 saturated heterocycles. The maximum atomic E-state index is 11.4. The van der Waals surface area contributed by atoms with Gasteiger partial charge in [-0.25, -0.2) is 14.6 Å². The predicted octanol–water partition coefficient (Wildman–Crippen LogP) is 3.70. The van der Waals surface area contributed by atoms with Gasteiger partial charge in [0, 0.05) is 19.2 Å². The minimum atomic E-state index is -0.487. The maximum absolute atomic E-state index is 11.4. The van der Waals surface area contributed by atoms with Crippen LogP contribution in [0, 0.1) is 12.8 Å². The van der Waals surface area contributed by atoms with E-state index in [1.165, 1.54) is 44.0 Å². The van der Waals surface area contributed by atoms with Gasteiger partial charge in [0.15, 0.2) is 0 Å². The SMILES string of the molecule is CC(C)(C)OC(=O)NCC1CCCCC1.COC(=O)c1cc(-c2nnn(C)n2)cc(C)n1.[HH]. The first-order valence-electron chi connectivity index (χ1n) is 10.9. The summed E-state index contributed by atoms with van der Waals surface area (Å²) in [7, 11) is 2.98. The van der Waals surface area contributed by atoms with Gasteiger partial charge in [0.05, 0.1) is 14.2 Å². The number of tetrazole rings is 1. The number of carbonyl (C=O) groups excluding carboxylic acids is 2. The minimum absolute atomic E-state index is 0. The van der Waals surface area contributed by atoms with Crippen LogP contribution in [0.1, 0.15) is 70.5 Å². The molecule has 1 aliphatic rings. The third kappa shape index (κ3) is 8.60. The van der Waals surface area contributed by atoms with Gasteiger partial charge in [-0.2, -0.15) is 4.80 Å². The van der Waals surface area contributed by atoms with Crippen LogP contribution in [-0.2, 0) is 16.5 Å². The van der Waals surface area contributed by atoms with Gasteiger partial charge in [-0.15, -0.1) is 10.2 Å².